The van der Waals surface area contributed by atoms with E-state index in [1.54, 1.807) is 17.7 Å². The van der Waals surface area contributed by atoms with Crippen LogP contribution in [0.4, 0.5) is 0 Å². The molecule has 0 atom stereocenters. The van der Waals surface area contributed by atoms with E-state index in [-0.39, 0.29) is 5.56 Å². The fourth-order valence-corrected chi connectivity index (χ4v) is 2.90. The molecule has 0 bridgehead atoms. The maximum Gasteiger partial charge on any atom is 0.261 e. The van der Waals surface area contributed by atoms with Crippen molar-refractivity contribution in [3.63, 3.8) is 0 Å². The summed E-state index contributed by atoms with van der Waals surface area (Å²) in [7, 11) is 1.74. The molecule has 3 aromatic rings. The van der Waals surface area contributed by atoms with E-state index in [0.29, 0.717) is 16.7 Å². The summed E-state index contributed by atoms with van der Waals surface area (Å²) in [6.45, 7) is 0. The van der Waals surface area contributed by atoms with E-state index in [4.69, 9.17) is 0 Å². The van der Waals surface area contributed by atoms with Crippen LogP contribution in [0.1, 0.15) is 17.8 Å². The van der Waals surface area contributed by atoms with Crippen LogP contribution in [0.25, 0.3) is 22.7 Å². The lowest BCUT2D eigenvalue weighted by molar-refractivity contribution is 0.828. The van der Waals surface area contributed by atoms with Crippen molar-refractivity contribution in [1.29, 1.82) is 0 Å². The fourth-order valence-electron chi connectivity index (χ4n) is 2.90. The molecule has 0 aliphatic carbocycles. The molecular formula is C21H17N3O. The van der Waals surface area contributed by atoms with Gasteiger partial charge in [-0.15, -0.1) is 0 Å². The van der Waals surface area contributed by atoms with Crippen molar-refractivity contribution >= 4 is 28.4 Å². The van der Waals surface area contributed by atoms with E-state index in [9.17, 15) is 4.79 Å². The van der Waals surface area contributed by atoms with E-state index in [2.05, 4.69) is 28.2 Å². The first kappa shape index (κ1) is 15.3. The van der Waals surface area contributed by atoms with Gasteiger partial charge in [-0.05, 0) is 29.8 Å². The van der Waals surface area contributed by atoms with Gasteiger partial charge in [-0.2, -0.15) is 0 Å². The third kappa shape index (κ3) is 2.94. The number of benzene rings is 2. The van der Waals surface area contributed by atoms with Gasteiger partial charge in [0.1, 0.15) is 5.82 Å². The molecular weight excluding hydrogens is 310 g/mol. The van der Waals surface area contributed by atoms with Crippen LogP contribution >= 0.6 is 0 Å². The smallest absolute Gasteiger partial charge is 0.261 e. The zero-order valence-electron chi connectivity index (χ0n) is 13.9. The predicted molar refractivity (Wildman–Crippen MR) is 102 cm³/mol. The first-order chi connectivity index (χ1) is 12.2. The van der Waals surface area contributed by atoms with Crippen LogP contribution in [0.15, 0.2) is 76.5 Å². The molecule has 0 unspecified atom stereocenters. The Labute approximate surface area is 145 Å². The number of allylic oxidation sites excluding steroid dienone is 2. The minimum absolute atomic E-state index is 0.0401. The molecule has 1 aliphatic rings. The highest BCUT2D eigenvalue weighted by molar-refractivity contribution is 6.05. The standard InChI is InChI=1S/C21H17N3O/c1-24-20(23-19-10-6-5-9-17(19)21(24)25)14-12-16-11-13-18(22-16)15-7-3-2-4-8-15/h2-10,12-14H,11H2,1H3/b14-12+. The Morgan fingerprint density at radius 2 is 1.76 bits per heavy atom. The number of rotatable bonds is 3. The van der Waals surface area contributed by atoms with Crippen LogP contribution in [0.2, 0.25) is 0 Å². The maximum atomic E-state index is 12.4. The Morgan fingerprint density at radius 1 is 1.00 bits per heavy atom. The first-order valence-electron chi connectivity index (χ1n) is 8.19. The highest BCUT2D eigenvalue weighted by Crippen LogP contribution is 2.22. The molecule has 0 radical (unpaired) electrons. The summed E-state index contributed by atoms with van der Waals surface area (Å²) < 4.78 is 1.57. The van der Waals surface area contributed by atoms with Gasteiger partial charge in [-0.3, -0.25) is 14.4 Å². The number of aliphatic imine (C=N–C) groups is 1. The van der Waals surface area contributed by atoms with Gasteiger partial charge in [0.25, 0.3) is 5.56 Å². The lowest BCUT2D eigenvalue weighted by Gasteiger charge is -2.05. The lowest BCUT2D eigenvalue weighted by atomic mass is 10.1. The van der Waals surface area contributed by atoms with Gasteiger partial charge in [0.05, 0.1) is 16.6 Å². The molecule has 0 saturated heterocycles. The molecule has 122 valence electrons. The fraction of sp³-hybridized carbons (Fsp3) is 0.0952. The van der Waals surface area contributed by atoms with Gasteiger partial charge in [0, 0.05) is 19.2 Å². The third-order valence-electron chi connectivity index (χ3n) is 4.28. The summed E-state index contributed by atoms with van der Waals surface area (Å²) in [4.78, 5) is 21.7. The van der Waals surface area contributed by atoms with Gasteiger partial charge >= 0.3 is 0 Å². The molecule has 4 rings (SSSR count). The topological polar surface area (TPSA) is 47.2 Å². The highest BCUT2D eigenvalue weighted by atomic mass is 16.1. The summed E-state index contributed by atoms with van der Waals surface area (Å²) >= 11 is 0. The molecule has 0 spiro atoms. The van der Waals surface area contributed by atoms with Gasteiger partial charge < -0.3 is 0 Å². The number of para-hydroxylation sites is 1. The Hall–Kier alpha value is -3.27. The van der Waals surface area contributed by atoms with E-state index < -0.39 is 0 Å². The average Bonchev–Trinajstić information content (AvgIpc) is 3.13. The Morgan fingerprint density at radius 3 is 2.60 bits per heavy atom. The van der Waals surface area contributed by atoms with Crippen LogP contribution in [-0.2, 0) is 7.05 Å². The molecule has 0 fully saturated rings. The van der Waals surface area contributed by atoms with E-state index in [1.165, 1.54) is 0 Å². The van der Waals surface area contributed by atoms with Gasteiger partial charge in [-0.1, -0.05) is 48.5 Å². The van der Waals surface area contributed by atoms with Crippen LogP contribution < -0.4 is 5.56 Å². The molecule has 1 aromatic heterocycles. The second-order valence-electron chi connectivity index (χ2n) is 5.95. The van der Waals surface area contributed by atoms with Crippen LogP contribution in [0, 0.1) is 0 Å². The molecule has 0 saturated carbocycles. The maximum absolute atomic E-state index is 12.4. The van der Waals surface area contributed by atoms with E-state index >= 15 is 0 Å². The van der Waals surface area contributed by atoms with E-state index in [1.807, 2.05) is 48.6 Å². The van der Waals surface area contributed by atoms with Crippen LogP contribution in [0.5, 0.6) is 0 Å². The Bertz CT molecular complexity index is 1090. The van der Waals surface area contributed by atoms with Crippen molar-refractivity contribution in [1.82, 2.24) is 9.55 Å². The largest absolute Gasteiger partial charge is 0.296 e. The zero-order chi connectivity index (χ0) is 17.2. The van der Waals surface area contributed by atoms with Gasteiger partial charge in [-0.25, -0.2) is 4.98 Å². The normalized spacial score (nSPS) is 14.1. The minimum atomic E-state index is -0.0401. The quantitative estimate of drug-likeness (QED) is 0.734. The van der Waals surface area contributed by atoms with Crippen molar-refractivity contribution < 1.29 is 0 Å². The molecule has 2 aromatic carbocycles. The summed E-state index contributed by atoms with van der Waals surface area (Å²) in [5.74, 6) is 0.625. The number of fused-ring (bicyclic) bond motifs is 1. The molecule has 25 heavy (non-hydrogen) atoms. The SMILES string of the molecule is Cn1c(/C=C/C2=NC(c3ccccc3)=CC2)nc2ccccc2c1=O. The highest BCUT2D eigenvalue weighted by Gasteiger charge is 2.09. The Kier molecular flexibility index (Phi) is 3.86. The zero-order valence-corrected chi connectivity index (χ0v) is 13.9. The van der Waals surface area contributed by atoms with Crippen molar-refractivity contribution in [2.75, 3.05) is 0 Å². The molecule has 0 amide bonds. The number of hydrogen-bond acceptors (Lipinski definition) is 3. The molecule has 2 heterocycles. The number of nitrogens with zero attached hydrogens (tertiary/aromatic N) is 3. The monoisotopic (exact) mass is 327 g/mol. The average molecular weight is 327 g/mol. The molecule has 1 aliphatic heterocycles. The predicted octanol–water partition coefficient (Wildman–Crippen LogP) is 3.83. The summed E-state index contributed by atoms with van der Waals surface area (Å²) in [5, 5.41) is 0.633. The number of aromatic nitrogens is 2. The second-order valence-corrected chi connectivity index (χ2v) is 5.95. The Balaban J connectivity index is 1.64. The van der Waals surface area contributed by atoms with Crippen molar-refractivity contribution in [2.45, 2.75) is 6.42 Å². The van der Waals surface area contributed by atoms with Gasteiger partial charge in [0.2, 0.25) is 0 Å². The van der Waals surface area contributed by atoms with Crippen molar-refractivity contribution in [3.05, 3.63) is 88.5 Å². The molecule has 4 heteroatoms. The van der Waals surface area contributed by atoms with Gasteiger partial charge in [0.15, 0.2) is 0 Å². The third-order valence-corrected chi connectivity index (χ3v) is 4.28. The van der Waals surface area contributed by atoms with Crippen molar-refractivity contribution in [3.8, 4) is 0 Å². The first-order valence-corrected chi connectivity index (χ1v) is 8.19. The summed E-state index contributed by atoms with van der Waals surface area (Å²) in [6.07, 6.45) is 6.68. The van der Waals surface area contributed by atoms with Crippen LogP contribution in [0.3, 0.4) is 0 Å². The lowest BCUT2D eigenvalue weighted by Crippen LogP contribution is -2.20. The second kappa shape index (κ2) is 6.32. The van der Waals surface area contributed by atoms with Crippen LogP contribution in [-0.4, -0.2) is 15.3 Å². The van der Waals surface area contributed by atoms with E-state index in [0.717, 1.165) is 23.4 Å². The summed E-state index contributed by atoms with van der Waals surface area (Å²) in [6, 6.07) is 17.5. The minimum Gasteiger partial charge on any atom is -0.296 e. The van der Waals surface area contributed by atoms with Crippen molar-refractivity contribution in [2.24, 2.45) is 12.0 Å². The summed E-state index contributed by atoms with van der Waals surface area (Å²) in [5.41, 5.74) is 3.73. The number of hydrogen-bond donors (Lipinski definition) is 0. The molecule has 0 N–H and O–H groups in total. The molecule has 4 nitrogen and oxygen atoms in total.